The van der Waals surface area contributed by atoms with Crippen LogP contribution in [0, 0.1) is 0 Å². The van der Waals surface area contributed by atoms with Gasteiger partial charge in [-0.1, -0.05) is 13.3 Å². The molecule has 0 atom stereocenters. The summed E-state index contributed by atoms with van der Waals surface area (Å²) in [6.45, 7) is 10.3. The lowest BCUT2D eigenvalue weighted by atomic mass is 9.93. The number of nitrogens with one attached hydrogen (secondary N) is 1. The fourth-order valence-corrected chi connectivity index (χ4v) is 1.81. The summed E-state index contributed by atoms with van der Waals surface area (Å²) in [5.41, 5.74) is 0. The van der Waals surface area contributed by atoms with Crippen LogP contribution in [0.1, 0.15) is 40.0 Å². The maximum atomic E-state index is 3.60. The first-order chi connectivity index (χ1) is 6.24. The number of likely N-dealkylation sites (N-methyl/N-ethyl adjacent to an activating group) is 1. The van der Waals surface area contributed by atoms with E-state index in [2.05, 4.69) is 31.0 Å². The van der Waals surface area contributed by atoms with Gasteiger partial charge < -0.3 is 5.32 Å². The molecule has 0 aromatic heterocycles. The lowest BCUT2D eigenvalue weighted by Gasteiger charge is -2.29. The molecule has 0 bridgehead atoms. The third-order valence-electron chi connectivity index (χ3n) is 3.07. The Bertz CT molecular complexity index is 130. The Hall–Kier alpha value is -0.0800. The van der Waals surface area contributed by atoms with Crippen LogP contribution < -0.4 is 5.32 Å². The Morgan fingerprint density at radius 3 is 2.46 bits per heavy atom. The van der Waals surface area contributed by atoms with Crippen molar-refractivity contribution in [3.05, 3.63) is 0 Å². The molecule has 0 radical (unpaired) electrons. The monoisotopic (exact) mass is 184 g/mol. The molecule has 0 aromatic rings. The second kappa shape index (κ2) is 5.61. The second-order valence-electron chi connectivity index (χ2n) is 4.30. The molecular formula is C11H24N2. The summed E-state index contributed by atoms with van der Waals surface area (Å²) >= 11 is 0. The van der Waals surface area contributed by atoms with Crippen molar-refractivity contribution in [1.29, 1.82) is 0 Å². The Morgan fingerprint density at radius 1 is 1.38 bits per heavy atom. The molecule has 0 aromatic carbocycles. The van der Waals surface area contributed by atoms with Crippen molar-refractivity contribution in [2.45, 2.75) is 52.1 Å². The maximum Gasteiger partial charge on any atom is 0.0110 e. The van der Waals surface area contributed by atoms with Crippen LogP contribution in [-0.2, 0) is 0 Å². The van der Waals surface area contributed by atoms with Gasteiger partial charge in [-0.15, -0.1) is 0 Å². The SMILES string of the molecule is CCN(CCNC1CCC1)C(C)C. The van der Waals surface area contributed by atoms with Gasteiger partial charge in [0.05, 0.1) is 0 Å². The smallest absolute Gasteiger partial charge is 0.0110 e. The molecule has 0 heterocycles. The van der Waals surface area contributed by atoms with Crippen molar-refractivity contribution in [3.8, 4) is 0 Å². The zero-order chi connectivity index (χ0) is 9.68. The zero-order valence-electron chi connectivity index (χ0n) is 9.34. The zero-order valence-corrected chi connectivity index (χ0v) is 9.34. The third-order valence-corrected chi connectivity index (χ3v) is 3.07. The van der Waals surface area contributed by atoms with E-state index < -0.39 is 0 Å². The molecule has 1 fully saturated rings. The van der Waals surface area contributed by atoms with Crippen LogP contribution >= 0.6 is 0 Å². The van der Waals surface area contributed by atoms with Crippen LogP contribution in [0.2, 0.25) is 0 Å². The van der Waals surface area contributed by atoms with E-state index in [1.54, 1.807) is 0 Å². The lowest BCUT2D eigenvalue weighted by molar-refractivity contribution is 0.222. The topological polar surface area (TPSA) is 15.3 Å². The van der Waals surface area contributed by atoms with Gasteiger partial charge in [0.25, 0.3) is 0 Å². The van der Waals surface area contributed by atoms with Crippen molar-refractivity contribution in [3.63, 3.8) is 0 Å². The Labute approximate surface area is 82.7 Å². The average molecular weight is 184 g/mol. The molecule has 1 N–H and O–H groups in total. The van der Waals surface area contributed by atoms with Gasteiger partial charge in [-0.05, 0) is 33.2 Å². The van der Waals surface area contributed by atoms with E-state index in [-0.39, 0.29) is 0 Å². The standard InChI is InChI=1S/C11H24N2/c1-4-13(10(2)3)9-8-12-11-6-5-7-11/h10-12H,4-9H2,1-3H3. The van der Waals surface area contributed by atoms with E-state index in [9.17, 15) is 0 Å². The lowest BCUT2D eigenvalue weighted by Crippen LogP contribution is -2.42. The highest BCUT2D eigenvalue weighted by molar-refractivity contribution is 4.76. The quantitative estimate of drug-likeness (QED) is 0.678. The van der Waals surface area contributed by atoms with E-state index in [1.165, 1.54) is 32.4 Å². The Balaban J connectivity index is 2.01. The van der Waals surface area contributed by atoms with Gasteiger partial charge in [-0.25, -0.2) is 0 Å². The van der Waals surface area contributed by atoms with E-state index >= 15 is 0 Å². The molecular weight excluding hydrogens is 160 g/mol. The van der Waals surface area contributed by atoms with Gasteiger partial charge in [0.15, 0.2) is 0 Å². The summed E-state index contributed by atoms with van der Waals surface area (Å²) in [7, 11) is 0. The maximum absolute atomic E-state index is 3.60. The van der Waals surface area contributed by atoms with E-state index in [0.717, 1.165) is 12.6 Å². The molecule has 13 heavy (non-hydrogen) atoms. The van der Waals surface area contributed by atoms with Gasteiger partial charge in [-0.2, -0.15) is 0 Å². The van der Waals surface area contributed by atoms with Gasteiger partial charge in [0, 0.05) is 25.2 Å². The summed E-state index contributed by atoms with van der Waals surface area (Å²) in [5.74, 6) is 0. The highest BCUT2D eigenvalue weighted by Gasteiger charge is 2.16. The van der Waals surface area contributed by atoms with Crippen molar-refractivity contribution in [1.82, 2.24) is 10.2 Å². The van der Waals surface area contributed by atoms with E-state index in [0.29, 0.717) is 6.04 Å². The molecule has 2 heteroatoms. The average Bonchev–Trinajstić information content (AvgIpc) is 2.00. The van der Waals surface area contributed by atoms with Gasteiger partial charge in [0.2, 0.25) is 0 Å². The van der Waals surface area contributed by atoms with Crippen molar-refractivity contribution < 1.29 is 0 Å². The highest BCUT2D eigenvalue weighted by Crippen LogP contribution is 2.17. The normalized spacial score (nSPS) is 18.2. The molecule has 0 amide bonds. The van der Waals surface area contributed by atoms with Crippen molar-refractivity contribution in [2.75, 3.05) is 19.6 Å². The number of hydrogen-bond donors (Lipinski definition) is 1. The Kier molecular flexibility index (Phi) is 4.74. The summed E-state index contributed by atoms with van der Waals surface area (Å²) in [5, 5.41) is 3.60. The molecule has 2 nitrogen and oxygen atoms in total. The van der Waals surface area contributed by atoms with Crippen LogP contribution in [0.3, 0.4) is 0 Å². The predicted molar refractivity (Wildman–Crippen MR) is 58.0 cm³/mol. The largest absolute Gasteiger partial charge is 0.313 e. The first kappa shape index (κ1) is 11.0. The third kappa shape index (κ3) is 3.65. The minimum Gasteiger partial charge on any atom is -0.313 e. The number of nitrogens with zero attached hydrogens (tertiary/aromatic N) is 1. The predicted octanol–water partition coefficient (Wildman–Crippen LogP) is 1.86. The Morgan fingerprint density at radius 2 is 2.08 bits per heavy atom. The highest BCUT2D eigenvalue weighted by atomic mass is 15.2. The molecule has 0 saturated heterocycles. The molecule has 1 aliphatic carbocycles. The summed E-state index contributed by atoms with van der Waals surface area (Å²) in [6, 6.07) is 1.53. The van der Waals surface area contributed by atoms with Crippen LogP contribution in [0.25, 0.3) is 0 Å². The fraction of sp³-hybridized carbons (Fsp3) is 1.00. The van der Waals surface area contributed by atoms with Crippen LogP contribution in [0.4, 0.5) is 0 Å². The van der Waals surface area contributed by atoms with Gasteiger partial charge in [0.1, 0.15) is 0 Å². The molecule has 0 aliphatic heterocycles. The molecule has 1 aliphatic rings. The van der Waals surface area contributed by atoms with Crippen LogP contribution in [-0.4, -0.2) is 36.6 Å². The first-order valence-electron chi connectivity index (χ1n) is 5.71. The summed E-state index contributed by atoms with van der Waals surface area (Å²) in [6.07, 6.45) is 4.22. The van der Waals surface area contributed by atoms with E-state index in [1.807, 2.05) is 0 Å². The molecule has 1 saturated carbocycles. The van der Waals surface area contributed by atoms with E-state index in [4.69, 9.17) is 0 Å². The molecule has 0 spiro atoms. The molecule has 1 rings (SSSR count). The second-order valence-corrected chi connectivity index (χ2v) is 4.30. The molecule has 0 unspecified atom stereocenters. The first-order valence-corrected chi connectivity index (χ1v) is 5.71. The van der Waals surface area contributed by atoms with Crippen molar-refractivity contribution in [2.24, 2.45) is 0 Å². The van der Waals surface area contributed by atoms with Crippen LogP contribution in [0.15, 0.2) is 0 Å². The minimum absolute atomic E-state index is 0.688. The van der Waals surface area contributed by atoms with Crippen LogP contribution in [0.5, 0.6) is 0 Å². The molecule has 78 valence electrons. The number of rotatable bonds is 6. The van der Waals surface area contributed by atoms with Gasteiger partial charge in [-0.3, -0.25) is 4.90 Å². The number of hydrogen-bond acceptors (Lipinski definition) is 2. The minimum atomic E-state index is 0.688. The summed E-state index contributed by atoms with van der Waals surface area (Å²) in [4.78, 5) is 2.51. The van der Waals surface area contributed by atoms with Gasteiger partial charge >= 0.3 is 0 Å². The van der Waals surface area contributed by atoms with Crippen molar-refractivity contribution >= 4 is 0 Å². The fourth-order valence-electron chi connectivity index (χ4n) is 1.81. The summed E-state index contributed by atoms with van der Waals surface area (Å²) < 4.78 is 0.